The summed E-state index contributed by atoms with van der Waals surface area (Å²) in [6.07, 6.45) is 1.83. The summed E-state index contributed by atoms with van der Waals surface area (Å²) in [5.74, 6) is 0.274. The van der Waals surface area contributed by atoms with Gasteiger partial charge in [0.2, 0.25) is 0 Å². The predicted octanol–water partition coefficient (Wildman–Crippen LogP) is 1.17. The van der Waals surface area contributed by atoms with Crippen molar-refractivity contribution in [1.29, 1.82) is 0 Å². The molecule has 0 rings (SSSR count). The second kappa shape index (κ2) is 3.80. The number of hydrogen-bond acceptors (Lipinski definition) is 1. The summed E-state index contributed by atoms with van der Waals surface area (Å²) >= 11 is -1.66. The van der Waals surface area contributed by atoms with E-state index in [0.717, 1.165) is 5.57 Å². The molecule has 0 fully saturated rings. The molecule has 0 bridgehead atoms. The van der Waals surface area contributed by atoms with E-state index < -0.39 is 11.1 Å². The van der Waals surface area contributed by atoms with Gasteiger partial charge in [0.25, 0.3) is 0 Å². The fourth-order valence-electron chi connectivity index (χ4n) is 0.278. The van der Waals surface area contributed by atoms with Crippen LogP contribution in [0.25, 0.3) is 0 Å². The summed E-state index contributed by atoms with van der Waals surface area (Å²) in [7, 11) is 0. The van der Waals surface area contributed by atoms with Crippen LogP contribution in [0.15, 0.2) is 11.6 Å². The van der Waals surface area contributed by atoms with Gasteiger partial charge in [0.05, 0.1) is 5.75 Å². The minimum absolute atomic E-state index is 0.274. The Morgan fingerprint density at radius 1 is 1.88 bits per heavy atom. The van der Waals surface area contributed by atoms with Crippen LogP contribution >= 0.6 is 0 Å². The highest BCUT2D eigenvalue weighted by molar-refractivity contribution is 7.79. The molecule has 0 saturated carbocycles. The Labute approximate surface area is 51.9 Å². The van der Waals surface area contributed by atoms with Gasteiger partial charge < -0.3 is 4.55 Å². The average molecular weight is 134 g/mol. The summed E-state index contributed by atoms with van der Waals surface area (Å²) in [5, 5.41) is 0. The molecule has 0 aliphatic rings. The van der Waals surface area contributed by atoms with E-state index in [9.17, 15) is 4.21 Å². The van der Waals surface area contributed by atoms with Gasteiger partial charge in [-0.1, -0.05) is 11.6 Å². The summed E-state index contributed by atoms with van der Waals surface area (Å²) < 4.78 is 18.3. The SMILES string of the molecule is CC=C(C)CS(=O)O. The Morgan fingerprint density at radius 3 is 2.50 bits per heavy atom. The molecule has 0 aromatic rings. The van der Waals surface area contributed by atoms with Crippen LogP contribution in [0.5, 0.6) is 0 Å². The molecule has 1 unspecified atom stereocenters. The molecular formula is C5H10O2S. The van der Waals surface area contributed by atoms with Crippen molar-refractivity contribution < 1.29 is 8.76 Å². The lowest BCUT2D eigenvalue weighted by Crippen LogP contribution is -1.94. The van der Waals surface area contributed by atoms with E-state index in [-0.39, 0.29) is 5.75 Å². The molecule has 1 atom stereocenters. The van der Waals surface area contributed by atoms with Crippen LogP contribution in [0.4, 0.5) is 0 Å². The zero-order valence-corrected chi connectivity index (χ0v) is 5.86. The minimum atomic E-state index is -1.66. The number of allylic oxidation sites excluding steroid dienone is 1. The Balaban J connectivity index is 3.56. The molecule has 2 nitrogen and oxygen atoms in total. The zero-order chi connectivity index (χ0) is 6.57. The molecule has 0 aromatic heterocycles. The van der Waals surface area contributed by atoms with Crippen molar-refractivity contribution in [3.63, 3.8) is 0 Å². The molecular weight excluding hydrogens is 124 g/mol. The van der Waals surface area contributed by atoms with Gasteiger partial charge in [-0.15, -0.1) is 0 Å². The zero-order valence-electron chi connectivity index (χ0n) is 5.05. The van der Waals surface area contributed by atoms with Crippen LogP contribution < -0.4 is 0 Å². The van der Waals surface area contributed by atoms with Crippen molar-refractivity contribution >= 4 is 11.1 Å². The lowest BCUT2D eigenvalue weighted by atomic mass is 10.3. The van der Waals surface area contributed by atoms with Crippen molar-refractivity contribution in [2.24, 2.45) is 0 Å². The van der Waals surface area contributed by atoms with Crippen molar-refractivity contribution in [2.75, 3.05) is 5.75 Å². The highest BCUT2D eigenvalue weighted by Gasteiger charge is 1.91. The first kappa shape index (κ1) is 7.85. The van der Waals surface area contributed by atoms with E-state index >= 15 is 0 Å². The van der Waals surface area contributed by atoms with Gasteiger partial charge in [-0.05, 0) is 13.8 Å². The first-order valence-electron chi connectivity index (χ1n) is 2.36. The molecule has 0 amide bonds. The first-order chi connectivity index (χ1) is 3.66. The molecule has 3 heteroatoms. The second-order valence-electron chi connectivity index (χ2n) is 1.60. The van der Waals surface area contributed by atoms with Crippen LogP contribution in [0, 0.1) is 0 Å². The third-order valence-corrected chi connectivity index (χ3v) is 1.55. The fourth-order valence-corrected chi connectivity index (χ4v) is 0.834. The van der Waals surface area contributed by atoms with Crippen LogP contribution in [-0.4, -0.2) is 14.5 Å². The Kier molecular flexibility index (Phi) is 3.73. The summed E-state index contributed by atoms with van der Waals surface area (Å²) in [6, 6.07) is 0. The van der Waals surface area contributed by atoms with Gasteiger partial charge in [0.1, 0.15) is 0 Å². The fraction of sp³-hybridized carbons (Fsp3) is 0.600. The van der Waals surface area contributed by atoms with Crippen LogP contribution in [0.2, 0.25) is 0 Å². The molecule has 1 N–H and O–H groups in total. The summed E-state index contributed by atoms with van der Waals surface area (Å²) in [5.41, 5.74) is 0.950. The smallest absolute Gasteiger partial charge is 0.156 e. The molecule has 0 aromatic carbocycles. The van der Waals surface area contributed by atoms with Gasteiger partial charge in [0, 0.05) is 0 Å². The van der Waals surface area contributed by atoms with Crippen molar-refractivity contribution in [1.82, 2.24) is 0 Å². The van der Waals surface area contributed by atoms with Crippen LogP contribution in [0.1, 0.15) is 13.8 Å². The third-order valence-electron chi connectivity index (χ3n) is 0.844. The molecule has 48 valence electrons. The van der Waals surface area contributed by atoms with Gasteiger partial charge in [0.15, 0.2) is 11.1 Å². The Hall–Kier alpha value is -0.150. The minimum Gasteiger partial charge on any atom is -0.306 e. The van der Waals surface area contributed by atoms with Crippen molar-refractivity contribution in [3.8, 4) is 0 Å². The van der Waals surface area contributed by atoms with Crippen molar-refractivity contribution in [3.05, 3.63) is 11.6 Å². The average Bonchev–Trinajstić information content (AvgIpc) is 1.65. The number of rotatable bonds is 2. The topological polar surface area (TPSA) is 37.3 Å². The summed E-state index contributed by atoms with van der Waals surface area (Å²) in [6.45, 7) is 3.68. The standard InChI is InChI=1S/C5H10O2S/c1-3-5(2)4-8(6)7/h3H,4H2,1-2H3,(H,6,7). The van der Waals surface area contributed by atoms with Gasteiger partial charge in [-0.25, -0.2) is 4.21 Å². The molecule has 0 radical (unpaired) electrons. The molecule has 0 saturated heterocycles. The van der Waals surface area contributed by atoms with Gasteiger partial charge >= 0.3 is 0 Å². The quantitative estimate of drug-likeness (QED) is 0.454. The monoisotopic (exact) mass is 134 g/mol. The van der Waals surface area contributed by atoms with Crippen LogP contribution in [-0.2, 0) is 11.1 Å². The van der Waals surface area contributed by atoms with Crippen LogP contribution in [0.3, 0.4) is 0 Å². The lowest BCUT2D eigenvalue weighted by Gasteiger charge is -1.90. The largest absolute Gasteiger partial charge is 0.306 e. The van der Waals surface area contributed by atoms with Gasteiger partial charge in [-0.2, -0.15) is 0 Å². The van der Waals surface area contributed by atoms with E-state index in [4.69, 9.17) is 4.55 Å². The molecule has 0 heterocycles. The molecule has 0 aliphatic heterocycles. The van der Waals surface area contributed by atoms with E-state index in [1.54, 1.807) is 0 Å². The maximum Gasteiger partial charge on any atom is 0.156 e. The molecule has 8 heavy (non-hydrogen) atoms. The third kappa shape index (κ3) is 4.02. The normalized spacial score (nSPS) is 16.1. The summed E-state index contributed by atoms with van der Waals surface area (Å²) in [4.78, 5) is 0. The number of hydrogen-bond donors (Lipinski definition) is 1. The Bertz CT molecular complexity index is 118. The van der Waals surface area contributed by atoms with E-state index in [0.29, 0.717) is 0 Å². The first-order valence-corrected chi connectivity index (χ1v) is 3.63. The lowest BCUT2D eigenvalue weighted by molar-refractivity contribution is 0.566. The highest BCUT2D eigenvalue weighted by Crippen LogP contribution is 1.91. The Morgan fingerprint density at radius 2 is 2.38 bits per heavy atom. The second-order valence-corrected chi connectivity index (χ2v) is 2.53. The van der Waals surface area contributed by atoms with Crippen molar-refractivity contribution in [2.45, 2.75) is 13.8 Å². The predicted molar refractivity (Wildman–Crippen MR) is 35.1 cm³/mol. The highest BCUT2D eigenvalue weighted by atomic mass is 32.2. The van der Waals surface area contributed by atoms with E-state index in [2.05, 4.69) is 0 Å². The van der Waals surface area contributed by atoms with E-state index in [1.807, 2.05) is 19.9 Å². The van der Waals surface area contributed by atoms with Gasteiger partial charge in [-0.3, -0.25) is 0 Å². The maximum atomic E-state index is 10.0. The molecule has 0 spiro atoms. The maximum absolute atomic E-state index is 10.0. The molecule has 0 aliphatic carbocycles. The van der Waals surface area contributed by atoms with E-state index in [1.165, 1.54) is 0 Å².